The van der Waals surface area contributed by atoms with Gasteiger partial charge in [-0.2, -0.15) is 0 Å². The van der Waals surface area contributed by atoms with E-state index >= 15 is 0 Å². The first-order chi connectivity index (χ1) is 51.9. The molecule has 0 saturated heterocycles. The number of ketones is 1. The smallest absolute Gasteiger partial charge is 0.256 e. The predicted molar refractivity (Wildman–Crippen MR) is 438 cm³/mol. The monoisotopic (exact) mass is 1440 g/mol. The van der Waals surface area contributed by atoms with Crippen LogP contribution in [-0.2, 0) is 6.42 Å². The van der Waals surface area contributed by atoms with E-state index in [1.165, 1.54) is 6.20 Å². The van der Waals surface area contributed by atoms with Crippen LogP contribution in [-0.4, -0.2) is 65.7 Å². The summed E-state index contributed by atoms with van der Waals surface area (Å²) in [6.07, 6.45) is 1.91. The number of benzene rings is 11. The minimum Gasteiger partial charge on any atom is -0.497 e. The van der Waals surface area contributed by atoms with Crippen LogP contribution in [0.2, 0.25) is 0 Å². The van der Waals surface area contributed by atoms with Gasteiger partial charge in [-0.05, 0) is 200 Å². The van der Waals surface area contributed by atoms with E-state index in [1.807, 2.05) is 248 Å². The van der Waals surface area contributed by atoms with Crippen LogP contribution < -0.4 is 46.9 Å². The zero-order valence-corrected chi connectivity index (χ0v) is 61.2. The van der Waals surface area contributed by atoms with Crippen LogP contribution in [0.1, 0.15) is 112 Å². The third-order valence-corrected chi connectivity index (χ3v) is 16.5. The van der Waals surface area contributed by atoms with Crippen molar-refractivity contribution in [1.29, 1.82) is 0 Å². The van der Waals surface area contributed by atoms with Gasteiger partial charge in [0.05, 0.1) is 33.2 Å². The number of nitrogens with one attached hydrogen (secondary N) is 4. The zero-order chi connectivity index (χ0) is 76.2. The number of nitrogen functional groups attached to an aromatic ring is 2. The normalized spacial score (nSPS) is 10.1. The molecule has 8 N–H and O–H groups in total. The molecule has 0 aliphatic heterocycles. The molecule has 2 heterocycles. The maximum atomic E-state index is 12.8. The van der Waals surface area contributed by atoms with Gasteiger partial charge >= 0.3 is 0 Å². The highest BCUT2D eigenvalue weighted by atomic mass is 16.5. The maximum Gasteiger partial charge on any atom is 0.256 e. The SMILES string of the molecule is C.CC.COc1cc(Cc2ncc(N)nc2N)cc(-c2cccc(NC(=O)c3ccc(C)cc3)c2)c1OC.COc1ccc(C(=O)c2ccccc2-c2ccccc2)cc1.Cc1ccc(C(=O)Nc2cccc(-c3ccccc3)c2)cc1.Cc1cccc(NC(=O)c2ccc(C(=O)Nc3cccc(C)n3)cc2)c1. The number of methoxy groups -OCH3 is 3. The average Bonchev–Trinajstić information content (AvgIpc) is 0.802. The zero-order valence-electron chi connectivity index (χ0n) is 61.2. The Kier molecular flexibility index (Phi) is 29.4. The van der Waals surface area contributed by atoms with Crippen molar-refractivity contribution in [3.8, 4) is 50.6 Å². The predicted octanol–water partition coefficient (Wildman–Crippen LogP) is 19.8. The maximum absolute atomic E-state index is 12.8. The lowest BCUT2D eigenvalue weighted by Crippen LogP contribution is -2.15. The fourth-order valence-electron chi connectivity index (χ4n) is 11.0. The fourth-order valence-corrected chi connectivity index (χ4v) is 11.0. The number of nitrogens with zero attached hydrogens (tertiary/aromatic N) is 3. The number of rotatable bonds is 18. The Bertz CT molecular complexity index is 5080. The van der Waals surface area contributed by atoms with E-state index in [2.05, 4.69) is 48.4 Å². The Morgan fingerprint density at radius 1 is 0.389 bits per heavy atom. The van der Waals surface area contributed by atoms with Crippen molar-refractivity contribution in [1.82, 2.24) is 15.0 Å². The quantitative estimate of drug-likeness (QED) is 0.0438. The van der Waals surface area contributed by atoms with E-state index in [4.69, 9.17) is 25.7 Å². The van der Waals surface area contributed by atoms with E-state index in [-0.39, 0.29) is 48.5 Å². The molecule has 108 heavy (non-hydrogen) atoms. The summed E-state index contributed by atoms with van der Waals surface area (Å²) in [6.45, 7) is 11.8. The average molecular weight is 1440 g/mol. The molecule has 0 saturated carbocycles. The molecule has 13 rings (SSSR count). The highest BCUT2D eigenvalue weighted by Gasteiger charge is 2.19. The number of nitrogens with two attached hydrogens (primary N) is 2. The molecule has 11 aromatic carbocycles. The van der Waals surface area contributed by atoms with Crippen LogP contribution in [0.5, 0.6) is 17.2 Å². The number of anilines is 6. The molecule has 0 aliphatic carbocycles. The van der Waals surface area contributed by atoms with Crippen molar-refractivity contribution in [2.75, 3.05) is 54.1 Å². The molecule has 13 aromatic rings. The Morgan fingerprint density at radius 2 is 0.852 bits per heavy atom. The molecule has 0 radical (unpaired) electrons. The van der Waals surface area contributed by atoms with Crippen LogP contribution in [0, 0.1) is 27.7 Å². The van der Waals surface area contributed by atoms with Crippen LogP contribution in [0.4, 0.5) is 34.5 Å². The van der Waals surface area contributed by atoms with Crippen molar-refractivity contribution >= 4 is 63.9 Å². The summed E-state index contributed by atoms with van der Waals surface area (Å²) >= 11 is 0. The number of carbonyl (C=O) groups excluding carboxylic acids is 5. The van der Waals surface area contributed by atoms with Crippen LogP contribution in [0.15, 0.2) is 291 Å². The number of amides is 4. The topological polar surface area (TPSA) is 252 Å². The first-order valence-corrected chi connectivity index (χ1v) is 34.6. The lowest BCUT2D eigenvalue weighted by molar-refractivity contribution is 0.101. The van der Waals surface area contributed by atoms with Gasteiger partial charge in [0.25, 0.3) is 23.6 Å². The number of aryl methyl sites for hydroxylation is 4. The molecular formula is C91H89N9O8. The van der Waals surface area contributed by atoms with Gasteiger partial charge in [-0.15, -0.1) is 0 Å². The fraction of sp³-hybridized carbons (Fsp3) is 0.121. The number of pyridine rings is 1. The molecule has 2 aromatic heterocycles. The molecule has 4 amide bonds. The van der Waals surface area contributed by atoms with Gasteiger partial charge < -0.3 is 46.9 Å². The van der Waals surface area contributed by atoms with Crippen molar-refractivity contribution in [3.05, 3.63) is 358 Å². The van der Waals surface area contributed by atoms with Gasteiger partial charge in [-0.3, -0.25) is 29.0 Å². The molecule has 17 nitrogen and oxygen atoms in total. The highest BCUT2D eigenvalue weighted by molar-refractivity contribution is 6.13. The molecule has 0 atom stereocenters. The standard InChI is InChI=1S/C27H27N5O3.C21H19N3O2.C20H17NO.C20H16O2.C2H6.CH4/c1-16-7-9-18(10-8-16)27(33)31-20-6-4-5-19(14-20)21-11-17(13-23(34-2)25(21)35-3)12-22-26(29)32-24(28)15-30-22;1-14-5-3-7-18(13-14)23-20(25)16-9-11-17(12-10-16)21(26)24-19-8-4-6-15(2)22-19;1-15-10-12-17(13-11-15)20(22)21-19-9-5-8-18(14-19)16-6-3-2-4-7-16;1-22-17-13-11-16(12-14-17)20(21)19-10-6-5-9-18(19)15-7-3-2-4-8-15;1-2;/h4-11,13-15H,12H2,1-3H3,(H,31,33)(H4,28,29,32);3-13H,1-2H3,(H,23,25)(H,22,24,26);2-14H,1H3,(H,21,22);2-14H,1H3;1-2H3;1H4. The molecule has 0 bridgehead atoms. The molecule has 0 fully saturated rings. The summed E-state index contributed by atoms with van der Waals surface area (Å²) in [5, 5.41) is 11.5. The summed E-state index contributed by atoms with van der Waals surface area (Å²) in [6, 6.07) is 88.7. The van der Waals surface area contributed by atoms with E-state index in [0.717, 1.165) is 78.5 Å². The molecular weight excluding hydrogens is 1350 g/mol. The van der Waals surface area contributed by atoms with E-state index in [0.29, 0.717) is 68.5 Å². The van der Waals surface area contributed by atoms with Crippen molar-refractivity contribution < 1.29 is 38.2 Å². The largest absolute Gasteiger partial charge is 0.497 e. The summed E-state index contributed by atoms with van der Waals surface area (Å²) in [4.78, 5) is 75.0. The van der Waals surface area contributed by atoms with Crippen molar-refractivity contribution in [2.45, 2.75) is 55.4 Å². The Balaban J connectivity index is 0.000000183. The second-order valence-electron chi connectivity index (χ2n) is 24.3. The first kappa shape index (κ1) is 79.9. The van der Waals surface area contributed by atoms with Gasteiger partial charge in [-0.1, -0.05) is 184 Å². The van der Waals surface area contributed by atoms with Gasteiger partial charge in [0.1, 0.15) is 23.2 Å². The van der Waals surface area contributed by atoms with E-state index in [1.54, 1.807) is 88.1 Å². The summed E-state index contributed by atoms with van der Waals surface area (Å²) in [5.41, 5.74) is 28.9. The second kappa shape index (κ2) is 39.7. The van der Waals surface area contributed by atoms with Gasteiger partial charge in [0.15, 0.2) is 17.3 Å². The number of ether oxygens (including phenoxy) is 3. The Hall–Kier alpha value is -13.8. The number of aromatic nitrogens is 3. The molecule has 546 valence electrons. The van der Waals surface area contributed by atoms with Crippen LogP contribution in [0.3, 0.4) is 0 Å². The van der Waals surface area contributed by atoms with Gasteiger partial charge in [0.2, 0.25) is 0 Å². The van der Waals surface area contributed by atoms with Crippen LogP contribution in [0.25, 0.3) is 33.4 Å². The van der Waals surface area contributed by atoms with Gasteiger partial charge in [-0.25, -0.2) is 9.97 Å². The number of carbonyl (C=O) groups is 5. The summed E-state index contributed by atoms with van der Waals surface area (Å²) < 4.78 is 16.4. The third kappa shape index (κ3) is 22.6. The Labute approximate surface area is 632 Å². The van der Waals surface area contributed by atoms with E-state index < -0.39 is 0 Å². The minimum absolute atomic E-state index is 0. The molecule has 0 spiro atoms. The van der Waals surface area contributed by atoms with Crippen molar-refractivity contribution in [2.24, 2.45) is 0 Å². The van der Waals surface area contributed by atoms with Crippen LogP contribution >= 0.6 is 0 Å². The molecule has 17 heteroatoms. The number of hydrogen-bond donors (Lipinski definition) is 6. The lowest BCUT2D eigenvalue weighted by Gasteiger charge is -2.16. The number of hydrogen-bond acceptors (Lipinski definition) is 13. The summed E-state index contributed by atoms with van der Waals surface area (Å²) in [7, 11) is 4.79. The molecule has 0 aliphatic rings. The first-order valence-electron chi connectivity index (χ1n) is 34.6. The third-order valence-electron chi connectivity index (χ3n) is 16.5. The minimum atomic E-state index is -0.270. The van der Waals surface area contributed by atoms with Gasteiger partial charge in [0, 0.05) is 68.1 Å². The van der Waals surface area contributed by atoms with Crippen molar-refractivity contribution in [3.63, 3.8) is 0 Å². The van der Waals surface area contributed by atoms with E-state index in [9.17, 15) is 24.0 Å². The second-order valence-corrected chi connectivity index (χ2v) is 24.3. The summed E-state index contributed by atoms with van der Waals surface area (Å²) in [5.74, 6) is 2.18. The molecule has 0 unspecified atom stereocenters. The lowest BCUT2D eigenvalue weighted by atomic mass is 9.94. The highest BCUT2D eigenvalue weighted by Crippen LogP contribution is 2.41. The Morgan fingerprint density at radius 3 is 1.37 bits per heavy atom.